The molecule has 1 aromatic heterocycles. The van der Waals surface area contributed by atoms with E-state index in [-0.39, 0.29) is 23.5 Å². The molecule has 0 bridgehead atoms. The minimum Gasteiger partial charge on any atom is -0.457 e. The van der Waals surface area contributed by atoms with Gasteiger partial charge in [-0.2, -0.15) is 0 Å². The number of thiocarbonyl (C=S) groups is 1. The molecule has 0 aliphatic carbocycles. The van der Waals surface area contributed by atoms with Crippen LogP contribution in [0.3, 0.4) is 0 Å². The smallest absolute Gasteiger partial charge is 0.266 e. The SMILES string of the molecule is O=C1/C(=C/c2ccc(-c3cccc(Br)c3)o2)SC(=S)N1[C@H]1CCS(=O)(=O)C1. The Bertz CT molecular complexity index is 1070. The van der Waals surface area contributed by atoms with E-state index in [0.29, 0.717) is 27.2 Å². The molecule has 5 nitrogen and oxygen atoms in total. The van der Waals surface area contributed by atoms with Gasteiger partial charge in [-0.15, -0.1) is 0 Å². The van der Waals surface area contributed by atoms with Gasteiger partial charge in [-0.1, -0.05) is 52.0 Å². The van der Waals surface area contributed by atoms with Gasteiger partial charge >= 0.3 is 0 Å². The van der Waals surface area contributed by atoms with Crippen LogP contribution in [-0.4, -0.2) is 41.1 Å². The molecule has 1 amide bonds. The van der Waals surface area contributed by atoms with Crippen molar-refractivity contribution in [1.82, 2.24) is 4.90 Å². The number of rotatable bonds is 3. The molecule has 3 heterocycles. The molecular weight excluding hydrogens is 470 g/mol. The van der Waals surface area contributed by atoms with Gasteiger partial charge in [0.1, 0.15) is 15.8 Å². The van der Waals surface area contributed by atoms with E-state index < -0.39 is 9.84 Å². The van der Waals surface area contributed by atoms with Gasteiger partial charge in [-0.05, 0) is 30.7 Å². The highest BCUT2D eigenvalue weighted by Gasteiger charge is 2.42. The first kappa shape index (κ1) is 18.9. The normalized spacial score (nSPS) is 23.5. The third kappa shape index (κ3) is 3.91. The highest BCUT2D eigenvalue weighted by atomic mass is 79.9. The van der Waals surface area contributed by atoms with Crippen LogP contribution in [0, 0.1) is 0 Å². The predicted octanol–water partition coefficient (Wildman–Crippen LogP) is 4.10. The molecule has 1 aromatic carbocycles. The second kappa shape index (κ2) is 7.20. The van der Waals surface area contributed by atoms with Crippen LogP contribution in [0.15, 0.2) is 50.2 Å². The molecule has 0 saturated carbocycles. The lowest BCUT2D eigenvalue weighted by Gasteiger charge is -2.20. The van der Waals surface area contributed by atoms with Crippen LogP contribution in [0.4, 0.5) is 0 Å². The summed E-state index contributed by atoms with van der Waals surface area (Å²) < 4.78 is 30.6. The monoisotopic (exact) mass is 483 g/mol. The number of benzene rings is 1. The summed E-state index contributed by atoms with van der Waals surface area (Å²) in [5.41, 5.74) is 0.924. The first-order valence-electron chi connectivity index (χ1n) is 8.16. The highest BCUT2D eigenvalue weighted by Crippen LogP contribution is 2.37. The zero-order chi connectivity index (χ0) is 19.2. The van der Waals surface area contributed by atoms with E-state index in [1.807, 2.05) is 30.3 Å². The number of carbonyl (C=O) groups is 1. The fraction of sp³-hybridized carbons (Fsp3) is 0.222. The van der Waals surface area contributed by atoms with Gasteiger partial charge in [0.25, 0.3) is 5.91 Å². The van der Waals surface area contributed by atoms with E-state index >= 15 is 0 Å². The van der Waals surface area contributed by atoms with Crippen molar-refractivity contribution in [3.8, 4) is 11.3 Å². The molecule has 27 heavy (non-hydrogen) atoms. The van der Waals surface area contributed by atoms with Gasteiger partial charge in [-0.25, -0.2) is 8.42 Å². The van der Waals surface area contributed by atoms with Gasteiger partial charge in [-0.3, -0.25) is 9.69 Å². The summed E-state index contributed by atoms with van der Waals surface area (Å²) in [6.07, 6.45) is 2.08. The number of sulfone groups is 1. The average molecular weight is 484 g/mol. The Kier molecular flexibility index (Phi) is 5.04. The molecule has 140 valence electrons. The van der Waals surface area contributed by atoms with Crippen LogP contribution in [0.25, 0.3) is 17.4 Å². The van der Waals surface area contributed by atoms with Gasteiger partial charge in [0.2, 0.25) is 0 Å². The third-order valence-corrected chi connectivity index (χ3v) is 7.98. The number of halogens is 1. The van der Waals surface area contributed by atoms with Crippen molar-refractivity contribution in [2.45, 2.75) is 12.5 Å². The quantitative estimate of drug-likeness (QED) is 0.483. The number of nitrogens with zero attached hydrogens (tertiary/aromatic N) is 1. The largest absolute Gasteiger partial charge is 0.457 e. The van der Waals surface area contributed by atoms with Crippen molar-refractivity contribution in [1.29, 1.82) is 0 Å². The average Bonchev–Trinajstić information content (AvgIpc) is 3.27. The number of hydrogen-bond acceptors (Lipinski definition) is 6. The Morgan fingerprint density at radius 1 is 1.30 bits per heavy atom. The van der Waals surface area contributed by atoms with Crippen molar-refractivity contribution in [3.63, 3.8) is 0 Å². The summed E-state index contributed by atoms with van der Waals surface area (Å²) in [5, 5.41) is 0. The maximum atomic E-state index is 12.7. The van der Waals surface area contributed by atoms with E-state index in [9.17, 15) is 13.2 Å². The molecule has 2 aromatic rings. The maximum Gasteiger partial charge on any atom is 0.266 e. The van der Waals surface area contributed by atoms with Crippen LogP contribution < -0.4 is 0 Å². The van der Waals surface area contributed by atoms with Crippen LogP contribution in [0.1, 0.15) is 12.2 Å². The molecule has 2 aliphatic heterocycles. The van der Waals surface area contributed by atoms with Gasteiger partial charge in [0, 0.05) is 16.1 Å². The second-order valence-electron chi connectivity index (χ2n) is 6.32. The highest BCUT2D eigenvalue weighted by molar-refractivity contribution is 9.10. The van der Waals surface area contributed by atoms with E-state index in [4.69, 9.17) is 16.6 Å². The zero-order valence-corrected chi connectivity index (χ0v) is 18.0. The van der Waals surface area contributed by atoms with Crippen LogP contribution in [0.2, 0.25) is 0 Å². The molecule has 0 unspecified atom stereocenters. The fourth-order valence-corrected chi connectivity index (χ4v) is 6.61. The van der Waals surface area contributed by atoms with E-state index in [1.165, 1.54) is 16.7 Å². The first-order valence-corrected chi connectivity index (χ1v) is 12.0. The summed E-state index contributed by atoms with van der Waals surface area (Å²) >= 11 is 9.93. The summed E-state index contributed by atoms with van der Waals surface area (Å²) in [6.45, 7) is 0. The lowest BCUT2D eigenvalue weighted by Crippen LogP contribution is -2.39. The molecule has 2 fully saturated rings. The Hall–Kier alpha value is -1.42. The van der Waals surface area contributed by atoms with E-state index in [2.05, 4.69) is 15.9 Å². The standard InChI is InChI=1S/C18H14BrNO4S3/c19-12-3-1-2-11(8-12)15-5-4-14(24-15)9-16-17(21)20(18(25)26-16)13-6-7-27(22,23)10-13/h1-5,8-9,13H,6-7,10H2/b16-9-/t13-/m0/s1. The fourth-order valence-electron chi connectivity index (χ4n) is 3.13. The maximum absolute atomic E-state index is 12.7. The van der Waals surface area contributed by atoms with Crippen molar-refractivity contribution in [2.75, 3.05) is 11.5 Å². The van der Waals surface area contributed by atoms with Gasteiger partial charge in [0.05, 0.1) is 22.5 Å². The van der Waals surface area contributed by atoms with Gasteiger partial charge in [0.15, 0.2) is 9.84 Å². The third-order valence-electron chi connectivity index (χ3n) is 4.41. The number of carbonyl (C=O) groups excluding carboxylic acids is 1. The van der Waals surface area contributed by atoms with Crippen LogP contribution >= 0.6 is 39.9 Å². The second-order valence-corrected chi connectivity index (χ2v) is 11.1. The zero-order valence-electron chi connectivity index (χ0n) is 13.9. The topological polar surface area (TPSA) is 67.6 Å². The van der Waals surface area contributed by atoms with Crippen molar-refractivity contribution in [2.24, 2.45) is 0 Å². The minimum absolute atomic E-state index is 0.0273. The summed E-state index contributed by atoms with van der Waals surface area (Å²) in [6, 6.07) is 11.0. The lowest BCUT2D eigenvalue weighted by atomic mass is 10.2. The summed E-state index contributed by atoms with van der Waals surface area (Å²) in [7, 11) is -3.09. The Morgan fingerprint density at radius 2 is 2.11 bits per heavy atom. The molecule has 0 radical (unpaired) electrons. The number of thioether (sulfide) groups is 1. The number of amides is 1. The van der Waals surface area contributed by atoms with Crippen molar-refractivity contribution < 1.29 is 17.6 Å². The molecule has 1 atom stereocenters. The van der Waals surface area contributed by atoms with Gasteiger partial charge < -0.3 is 4.42 Å². The molecule has 2 saturated heterocycles. The molecule has 9 heteroatoms. The Morgan fingerprint density at radius 3 is 2.81 bits per heavy atom. The minimum atomic E-state index is -3.09. The van der Waals surface area contributed by atoms with Crippen LogP contribution in [0.5, 0.6) is 0 Å². The summed E-state index contributed by atoms with van der Waals surface area (Å²) in [5.74, 6) is 1.06. The molecule has 0 spiro atoms. The lowest BCUT2D eigenvalue weighted by molar-refractivity contribution is -0.123. The Balaban J connectivity index is 1.57. The summed E-state index contributed by atoms with van der Waals surface area (Å²) in [4.78, 5) is 14.6. The number of hydrogen-bond donors (Lipinski definition) is 0. The molecular formula is C18H14BrNO4S3. The molecule has 0 N–H and O–H groups in total. The van der Waals surface area contributed by atoms with Crippen molar-refractivity contribution in [3.05, 3.63) is 51.5 Å². The van der Waals surface area contributed by atoms with Crippen molar-refractivity contribution >= 4 is 66.1 Å². The molecule has 4 rings (SSSR count). The van der Waals surface area contributed by atoms with E-state index in [1.54, 1.807) is 12.1 Å². The van der Waals surface area contributed by atoms with Crippen LogP contribution in [-0.2, 0) is 14.6 Å². The Labute approximate surface area is 174 Å². The number of furan rings is 1. The first-order chi connectivity index (χ1) is 12.8. The van der Waals surface area contributed by atoms with E-state index in [0.717, 1.165) is 10.0 Å². The predicted molar refractivity (Wildman–Crippen MR) is 114 cm³/mol. The molecule has 2 aliphatic rings.